The van der Waals surface area contributed by atoms with Crippen LogP contribution in [0.4, 0.5) is 5.69 Å². The predicted octanol–water partition coefficient (Wildman–Crippen LogP) is 2.50. The predicted molar refractivity (Wildman–Crippen MR) is 138 cm³/mol. The average molecular weight is 513 g/mol. The van der Waals surface area contributed by atoms with Gasteiger partial charge in [0.25, 0.3) is 0 Å². The molecule has 1 atom stereocenters. The maximum Gasteiger partial charge on any atom is 0.419 e. The minimum absolute atomic E-state index is 0.0278. The van der Waals surface area contributed by atoms with Crippen LogP contribution in [0.25, 0.3) is 11.1 Å². The van der Waals surface area contributed by atoms with Gasteiger partial charge >= 0.3 is 5.76 Å². The number of oxazole rings is 1. The molecule has 0 aliphatic carbocycles. The van der Waals surface area contributed by atoms with Crippen molar-refractivity contribution in [3.05, 3.63) is 58.1 Å². The molecule has 2 fully saturated rings. The molecule has 0 bridgehead atoms. The summed E-state index contributed by atoms with van der Waals surface area (Å²) in [5.41, 5.74) is 4.49. The van der Waals surface area contributed by atoms with Gasteiger partial charge in [-0.15, -0.1) is 0 Å². The molecule has 0 N–H and O–H groups in total. The second kappa shape index (κ2) is 9.40. The first kappa shape index (κ1) is 24.6. The number of hydrogen-bond donors (Lipinski definition) is 0. The molecule has 5 rings (SSSR count). The zero-order valence-corrected chi connectivity index (χ0v) is 21.8. The van der Waals surface area contributed by atoms with Crippen molar-refractivity contribution in [2.24, 2.45) is 13.0 Å². The molecule has 0 spiro atoms. The van der Waals surface area contributed by atoms with Gasteiger partial charge in [-0.25, -0.2) is 13.2 Å². The van der Waals surface area contributed by atoms with Crippen LogP contribution in [-0.4, -0.2) is 67.4 Å². The highest BCUT2D eigenvalue weighted by Crippen LogP contribution is 2.28. The Balaban J connectivity index is 1.27. The number of anilines is 1. The Hall–Kier alpha value is -3.11. The fourth-order valence-electron chi connectivity index (χ4n) is 5.29. The summed E-state index contributed by atoms with van der Waals surface area (Å²) in [5, 5.41) is 0. The third kappa shape index (κ3) is 4.32. The first-order valence-corrected chi connectivity index (χ1v) is 13.8. The zero-order valence-electron chi connectivity index (χ0n) is 20.9. The lowest BCUT2D eigenvalue weighted by atomic mass is 9.97. The minimum Gasteiger partial charge on any atom is -0.408 e. The van der Waals surface area contributed by atoms with E-state index in [1.807, 2.05) is 4.90 Å². The number of piperazine rings is 1. The second-order valence-corrected chi connectivity index (χ2v) is 11.7. The van der Waals surface area contributed by atoms with Crippen LogP contribution in [0.5, 0.6) is 0 Å². The normalized spacial score (nSPS) is 19.7. The lowest BCUT2D eigenvalue weighted by Crippen LogP contribution is -2.53. The Morgan fingerprint density at radius 1 is 1.03 bits per heavy atom. The van der Waals surface area contributed by atoms with Gasteiger partial charge in [-0.3, -0.25) is 9.36 Å². The fraction of sp³-hybridized carbons (Fsp3) is 0.462. The molecule has 1 aromatic heterocycles. The second-order valence-electron chi connectivity index (χ2n) is 9.79. The maximum absolute atomic E-state index is 13.4. The number of carbonyl (C=O) groups excluding carboxylic acids is 1. The standard InChI is InChI=1S/C26H32N4O5S/c1-18-6-4-8-22(19(18)2)28-12-14-29(15-13-28)25(31)20-7-5-11-30(17-20)36(33,34)21-9-10-23-24(16-21)35-26(32)27(23)3/h4,6,8-10,16,20H,5,7,11-15,17H2,1-3H3/t20-/m0/s1. The summed E-state index contributed by atoms with van der Waals surface area (Å²) in [4.78, 5) is 29.4. The van der Waals surface area contributed by atoms with Gasteiger partial charge < -0.3 is 14.2 Å². The van der Waals surface area contributed by atoms with Crippen molar-refractivity contribution >= 4 is 32.7 Å². The number of sulfonamides is 1. The number of fused-ring (bicyclic) bond motifs is 1. The number of aryl methyl sites for hydroxylation is 2. The summed E-state index contributed by atoms with van der Waals surface area (Å²) in [7, 11) is -2.25. The fourth-order valence-corrected chi connectivity index (χ4v) is 6.83. The number of rotatable bonds is 4. The van der Waals surface area contributed by atoms with E-state index in [0.717, 1.165) is 13.1 Å². The van der Waals surface area contributed by atoms with Gasteiger partial charge in [-0.1, -0.05) is 12.1 Å². The quantitative estimate of drug-likeness (QED) is 0.533. The Morgan fingerprint density at radius 2 is 1.78 bits per heavy atom. The van der Waals surface area contributed by atoms with Crippen LogP contribution < -0.4 is 10.7 Å². The number of carbonyl (C=O) groups is 1. The highest BCUT2D eigenvalue weighted by atomic mass is 32.2. The molecule has 3 heterocycles. The van der Waals surface area contributed by atoms with E-state index in [0.29, 0.717) is 38.0 Å². The molecule has 0 radical (unpaired) electrons. The van der Waals surface area contributed by atoms with Crippen LogP contribution in [0.15, 0.2) is 50.5 Å². The van der Waals surface area contributed by atoms with Crippen molar-refractivity contribution in [3.8, 4) is 0 Å². The van der Waals surface area contributed by atoms with E-state index in [1.165, 1.54) is 37.8 Å². The third-order valence-electron chi connectivity index (χ3n) is 7.64. The van der Waals surface area contributed by atoms with Gasteiger partial charge in [-0.05, 0) is 56.0 Å². The Morgan fingerprint density at radius 3 is 2.53 bits per heavy atom. The van der Waals surface area contributed by atoms with E-state index in [2.05, 4.69) is 36.9 Å². The first-order valence-electron chi connectivity index (χ1n) is 12.4. The highest BCUT2D eigenvalue weighted by molar-refractivity contribution is 7.89. The molecule has 1 amide bonds. The molecule has 2 aliphatic rings. The van der Waals surface area contributed by atoms with Crippen molar-refractivity contribution < 1.29 is 17.6 Å². The molecule has 192 valence electrons. The third-order valence-corrected chi connectivity index (χ3v) is 9.50. The average Bonchev–Trinajstić information content (AvgIpc) is 3.18. The molecule has 36 heavy (non-hydrogen) atoms. The molecule has 2 aliphatic heterocycles. The molecular weight excluding hydrogens is 480 g/mol. The van der Waals surface area contributed by atoms with Crippen LogP contribution in [0, 0.1) is 19.8 Å². The molecule has 10 heteroatoms. The van der Waals surface area contributed by atoms with Gasteiger partial charge in [0.1, 0.15) is 0 Å². The Bertz CT molecular complexity index is 1470. The number of hydrogen-bond acceptors (Lipinski definition) is 6. The number of piperidine rings is 1. The number of amides is 1. The van der Waals surface area contributed by atoms with Crippen LogP contribution in [0.2, 0.25) is 0 Å². The van der Waals surface area contributed by atoms with Gasteiger partial charge in [0.05, 0.1) is 16.3 Å². The summed E-state index contributed by atoms with van der Waals surface area (Å²) in [6.07, 6.45) is 1.30. The summed E-state index contributed by atoms with van der Waals surface area (Å²) < 4.78 is 34.7. The SMILES string of the molecule is Cc1cccc(N2CCN(C(=O)[C@H]3CCCN(S(=O)(=O)c4ccc5c(c4)oc(=O)n5C)C3)CC2)c1C. The lowest BCUT2D eigenvalue weighted by molar-refractivity contribution is -0.137. The number of benzene rings is 2. The van der Waals surface area contributed by atoms with E-state index in [1.54, 1.807) is 13.1 Å². The summed E-state index contributed by atoms with van der Waals surface area (Å²) >= 11 is 0. The van der Waals surface area contributed by atoms with Gasteiger partial charge in [0, 0.05) is 58.1 Å². The van der Waals surface area contributed by atoms with Crippen LogP contribution in [0.3, 0.4) is 0 Å². The number of nitrogens with zero attached hydrogens (tertiary/aromatic N) is 4. The van der Waals surface area contributed by atoms with Crippen molar-refractivity contribution in [3.63, 3.8) is 0 Å². The molecule has 0 saturated carbocycles. The van der Waals surface area contributed by atoms with E-state index in [9.17, 15) is 18.0 Å². The van der Waals surface area contributed by atoms with Crippen molar-refractivity contribution in [2.75, 3.05) is 44.2 Å². The van der Waals surface area contributed by atoms with Gasteiger partial charge in [0.2, 0.25) is 15.9 Å². The van der Waals surface area contributed by atoms with Gasteiger partial charge in [0.15, 0.2) is 5.58 Å². The molecule has 3 aromatic rings. The highest BCUT2D eigenvalue weighted by Gasteiger charge is 2.36. The van der Waals surface area contributed by atoms with E-state index in [-0.39, 0.29) is 28.8 Å². The smallest absolute Gasteiger partial charge is 0.408 e. The van der Waals surface area contributed by atoms with Crippen LogP contribution >= 0.6 is 0 Å². The first-order chi connectivity index (χ1) is 17.2. The Kier molecular flexibility index (Phi) is 6.42. The van der Waals surface area contributed by atoms with Crippen molar-refractivity contribution in [1.82, 2.24) is 13.8 Å². The van der Waals surface area contributed by atoms with E-state index in [4.69, 9.17) is 4.42 Å². The van der Waals surface area contributed by atoms with Crippen LogP contribution in [0.1, 0.15) is 24.0 Å². The monoisotopic (exact) mass is 512 g/mol. The summed E-state index contributed by atoms with van der Waals surface area (Å²) in [6, 6.07) is 10.8. The summed E-state index contributed by atoms with van der Waals surface area (Å²) in [5.74, 6) is -0.875. The van der Waals surface area contributed by atoms with Crippen LogP contribution in [-0.2, 0) is 21.9 Å². The lowest BCUT2D eigenvalue weighted by Gasteiger charge is -2.40. The molecule has 0 unspecified atom stereocenters. The largest absolute Gasteiger partial charge is 0.419 e. The zero-order chi connectivity index (χ0) is 25.6. The van der Waals surface area contributed by atoms with E-state index >= 15 is 0 Å². The molecular formula is C26H32N4O5S. The van der Waals surface area contributed by atoms with Crippen molar-refractivity contribution in [2.45, 2.75) is 31.6 Å². The molecule has 2 aromatic carbocycles. The Labute approximate surface area is 210 Å². The topological polar surface area (TPSA) is 96.1 Å². The summed E-state index contributed by atoms with van der Waals surface area (Å²) in [6.45, 7) is 7.52. The molecule has 2 saturated heterocycles. The maximum atomic E-state index is 13.4. The van der Waals surface area contributed by atoms with E-state index < -0.39 is 15.8 Å². The minimum atomic E-state index is -3.82. The number of aromatic nitrogens is 1. The van der Waals surface area contributed by atoms with Crippen molar-refractivity contribution in [1.29, 1.82) is 0 Å². The van der Waals surface area contributed by atoms with Gasteiger partial charge in [-0.2, -0.15) is 4.31 Å². The molecule has 9 nitrogen and oxygen atoms in total.